The Morgan fingerprint density at radius 2 is 1.20 bits per heavy atom. The Balaban J connectivity index is 5.12. The van der Waals surface area contributed by atoms with Crippen molar-refractivity contribution in [3.8, 4) is 0 Å². The first kappa shape index (κ1) is 26.2. The van der Waals surface area contributed by atoms with Gasteiger partial charge in [0.05, 0.1) is 25.3 Å². The first-order valence-corrected chi connectivity index (χ1v) is 8.42. The molecule has 0 saturated carbocycles. The van der Waals surface area contributed by atoms with Crippen molar-refractivity contribution in [1.82, 2.24) is 16.0 Å². The molecule has 0 aliphatic heterocycles. The van der Waals surface area contributed by atoms with Crippen molar-refractivity contribution in [2.24, 2.45) is 17.2 Å². The Hall–Kier alpha value is -3.75. The summed E-state index contributed by atoms with van der Waals surface area (Å²) in [6.45, 7) is 1.16. The summed E-state index contributed by atoms with van der Waals surface area (Å²) in [5.74, 6) is -7.98. The predicted octanol–water partition coefficient (Wildman–Crippen LogP) is -4.90. The van der Waals surface area contributed by atoms with E-state index in [4.69, 9.17) is 27.4 Å². The van der Waals surface area contributed by atoms with Crippen molar-refractivity contribution in [2.45, 2.75) is 50.4 Å². The first-order chi connectivity index (χ1) is 13.7. The molecular formula is C15H24N6O9. The second-order valence-electron chi connectivity index (χ2n) is 6.24. The SMILES string of the molecule is CC(NC(=O)C(CC(N)=O)NC(=O)C(N)CC(=O)O)C(=O)NC(CC(N)=O)C(=O)O. The molecule has 0 heterocycles. The lowest BCUT2D eigenvalue weighted by molar-refractivity contribution is -0.143. The van der Waals surface area contributed by atoms with E-state index in [9.17, 15) is 33.6 Å². The number of nitrogens with one attached hydrogen (secondary N) is 3. The van der Waals surface area contributed by atoms with Gasteiger partial charge in [-0.15, -0.1) is 0 Å². The largest absolute Gasteiger partial charge is 0.481 e. The molecule has 4 unspecified atom stereocenters. The minimum atomic E-state index is -1.63. The molecule has 0 aromatic carbocycles. The van der Waals surface area contributed by atoms with Crippen molar-refractivity contribution >= 4 is 41.5 Å². The van der Waals surface area contributed by atoms with Gasteiger partial charge in [0.2, 0.25) is 29.5 Å². The van der Waals surface area contributed by atoms with Gasteiger partial charge in [-0.1, -0.05) is 0 Å². The molecular weight excluding hydrogens is 408 g/mol. The zero-order valence-electron chi connectivity index (χ0n) is 15.9. The molecule has 5 amide bonds. The lowest BCUT2D eigenvalue weighted by Crippen LogP contribution is -2.57. The average molecular weight is 432 g/mol. The number of amides is 5. The van der Waals surface area contributed by atoms with Crippen LogP contribution in [0.1, 0.15) is 26.2 Å². The van der Waals surface area contributed by atoms with Gasteiger partial charge in [-0.25, -0.2) is 4.79 Å². The second kappa shape index (κ2) is 11.9. The zero-order chi connectivity index (χ0) is 23.6. The van der Waals surface area contributed by atoms with Crippen LogP contribution in [-0.2, 0) is 33.6 Å². The fourth-order valence-electron chi connectivity index (χ4n) is 2.05. The molecule has 4 atom stereocenters. The Morgan fingerprint density at radius 3 is 1.63 bits per heavy atom. The Kier molecular flexibility index (Phi) is 10.5. The van der Waals surface area contributed by atoms with Crippen LogP contribution in [0.15, 0.2) is 0 Å². The van der Waals surface area contributed by atoms with Crippen molar-refractivity contribution in [1.29, 1.82) is 0 Å². The first-order valence-electron chi connectivity index (χ1n) is 8.42. The van der Waals surface area contributed by atoms with E-state index in [1.807, 2.05) is 5.32 Å². The van der Waals surface area contributed by atoms with Crippen LogP contribution in [0, 0.1) is 0 Å². The molecule has 15 heteroatoms. The number of carbonyl (C=O) groups is 7. The smallest absolute Gasteiger partial charge is 0.326 e. The molecule has 168 valence electrons. The highest BCUT2D eigenvalue weighted by Gasteiger charge is 2.30. The molecule has 0 aliphatic carbocycles. The Labute approximate surface area is 169 Å². The van der Waals surface area contributed by atoms with E-state index in [1.54, 1.807) is 0 Å². The van der Waals surface area contributed by atoms with E-state index in [0.717, 1.165) is 6.92 Å². The number of carboxylic acid groups (broad SMARTS) is 2. The maximum atomic E-state index is 12.3. The predicted molar refractivity (Wildman–Crippen MR) is 97.0 cm³/mol. The van der Waals surface area contributed by atoms with Gasteiger partial charge in [0.15, 0.2) is 0 Å². The summed E-state index contributed by atoms with van der Waals surface area (Å²) in [5, 5.41) is 23.8. The fraction of sp³-hybridized carbons (Fsp3) is 0.533. The molecule has 15 nitrogen and oxygen atoms in total. The van der Waals surface area contributed by atoms with Gasteiger partial charge in [-0.05, 0) is 6.92 Å². The number of carbonyl (C=O) groups excluding carboxylic acids is 5. The second-order valence-corrected chi connectivity index (χ2v) is 6.24. The Bertz CT molecular complexity index is 725. The summed E-state index contributed by atoms with van der Waals surface area (Å²) < 4.78 is 0. The number of primary amides is 2. The highest BCUT2D eigenvalue weighted by Crippen LogP contribution is 1.99. The van der Waals surface area contributed by atoms with E-state index in [2.05, 4.69) is 10.6 Å². The molecule has 0 saturated heterocycles. The minimum Gasteiger partial charge on any atom is -0.481 e. The van der Waals surface area contributed by atoms with Crippen LogP contribution in [0.5, 0.6) is 0 Å². The quantitative estimate of drug-likeness (QED) is 0.137. The normalized spacial score (nSPS) is 14.3. The molecule has 11 N–H and O–H groups in total. The van der Waals surface area contributed by atoms with Crippen LogP contribution in [0.25, 0.3) is 0 Å². The number of hydrogen-bond donors (Lipinski definition) is 8. The number of aliphatic carboxylic acids is 2. The summed E-state index contributed by atoms with van der Waals surface area (Å²) in [6.07, 6.45) is -2.12. The van der Waals surface area contributed by atoms with Gasteiger partial charge >= 0.3 is 11.9 Å². The van der Waals surface area contributed by atoms with E-state index in [0.29, 0.717) is 0 Å². The van der Waals surface area contributed by atoms with Crippen molar-refractivity contribution < 1.29 is 43.8 Å². The van der Waals surface area contributed by atoms with Crippen LogP contribution in [0.4, 0.5) is 0 Å². The number of carboxylic acids is 2. The summed E-state index contributed by atoms with van der Waals surface area (Å²) >= 11 is 0. The third-order valence-corrected chi connectivity index (χ3v) is 3.54. The molecule has 0 aromatic heterocycles. The highest BCUT2D eigenvalue weighted by atomic mass is 16.4. The highest BCUT2D eigenvalue weighted by molar-refractivity contribution is 5.96. The maximum absolute atomic E-state index is 12.3. The van der Waals surface area contributed by atoms with E-state index in [-0.39, 0.29) is 0 Å². The van der Waals surface area contributed by atoms with Gasteiger partial charge in [0, 0.05) is 0 Å². The van der Waals surface area contributed by atoms with E-state index in [1.165, 1.54) is 0 Å². The van der Waals surface area contributed by atoms with Crippen LogP contribution >= 0.6 is 0 Å². The summed E-state index contributed by atoms with van der Waals surface area (Å²) in [7, 11) is 0. The standard InChI is InChI=1S/C15H24N6O9/c1-5(12(26)21-8(15(29)30)4-10(18)23)19-14(28)7(3-9(17)22)20-13(27)6(16)2-11(24)25/h5-8H,2-4,16H2,1H3,(H2,17,22)(H2,18,23)(H,19,28)(H,20,27)(H,21,26)(H,24,25)(H,29,30). The van der Waals surface area contributed by atoms with Gasteiger partial charge in [0.1, 0.15) is 18.1 Å². The van der Waals surface area contributed by atoms with Gasteiger partial charge in [-0.3, -0.25) is 28.8 Å². The van der Waals surface area contributed by atoms with Crippen LogP contribution in [-0.4, -0.2) is 75.9 Å². The summed E-state index contributed by atoms with van der Waals surface area (Å²) in [5.41, 5.74) is 15.3. The number of rotatable bonds is 13. The third-order valence-electron chi connectivity index (χ3n) is 3.54. The molecule has 0 spiro atoms. The van der Waals surface area contributed by atoms with Crippen LogP contribution in [0.2, 0.25) is 0 Å². The molecule has 0 radical (unpaired) electrons. The van der Waals surface area contributed by atoms with E-state index >= 15 is 0 Å². The van der Waals surface area contributed by atoms with Gasteiger partial charge < -0.3 is 43.4 Å². The monoisotopic (exact) mass is 432 g/mol. The fourth-order valence-corrected chi connectivity index (χ4v) is 2.05. The number of nitrogens with two attached hydrogens (primary N) is 3. The maximum Gasteiger partial charge on any atom is 0.326 e. The van der Waals surface area contributed by atoms with E-state index < -0.39 is 84.9 Å². The van der Waals surface area contributed by atoms with Crippen LogP contribution in [0.3, 0.4) is 0 Å². The third kappa shape index (κ3) is 9.98. The molecule has 30 heavy (non-hydrogen) atoms. The number of hydrogen-bond acceptors (Lipinski definition) is 8. The van der Waals surface area contributed by atoms with Gasteiger partial charge in [0.25, 0.3) is 0 Å². The van der Waals surface area contributed by atoms with Crippen molar-refractivity contribution in [3.05, 3.63) is 0 Å². The van der Waals surface area contributed by atoms with Crippen molar-refractivity contribution in [2.75, 3.05) is 0 Å². The van der Waals surface area contributed by atoms with Gasteiger partial charge in [-0.2, -0.15) is 0 Å². The topological polar surface area (TPSA) is 274 Å². The molecule has 0 aromatic rings. The average Bonchev–Trinajstić information content (AvgIpc) is 2.58. The Morgan fingerprint density at radius 1 is 0.733 bits per heavy atom. The lowest BCUT2D eigenvalue weighted by atomic mass is 10.1. The summed E-state index contributed by atoms with van der Waals surface area (Å²) in [4.78, 5) is 80.0. The molecule has 0 bridgehead atoms. The molecule has 0 aliphatic rings. The summed E-state index contributed by atoms with van der Waals surface area (Å²) in [6, 6.07) is -6.08. The van der Waals surface area contributed by atoms with Crippen molar-refractivity contribution in [3.63, 3.8) is 0 Å². The van der Waals surface area contributed by atoms with Crippen LogP contribution < -0.4 is 33.2 Å². The molecule has 0 fully saturated rings. The minimum absolute atomic E-state index is 0.689. The zero-order valence-corrected chi connectivity index (χ0v) is 15.9. The lowest BCUT2D eigenvalue weighted by Gasteiger charge is -2.22. The molecule has 0 rings (SSSR count).